The van der Waals surface area contributed by atoms with Crippen LogP contribution in [0.15, 0.2) is 24.5 Å². The molecule has 0 radical (unpaired) electrons. The Morgan fingerprint density at radius 3 is 2.32 bits per heavy atom. The van der Waals surface area contributed by atoms with Crippen molar-refractivity contribution < 1.29 is 19.1 Å². The summed E-state index contributed by atoms with van der Waals surface area (Å²) in [5.41, 5.74) is -0.497. The minimum atomic E-state index is -0.833. The molecule has 0 fully saturated rings. The summed E-state index contributed by atoms with van der Waals surface area (Å²) < 4.78 is 4.89. The van der Waals surface area contributed by atoms with Gasteiger partial charge in [0.1, 0.15) is 6.04 Å². The molecule has 0 spiro atoms. The van der Waals surface area contributed by atoms with Crippen LogP contribution in [0.3, 0.4) is 0 Å². The molecule has 160 valence electrons. The first kappa shape index (κ1) is 27.8. The topological polar surface area (TPSA) is 97.4 Å². The molecule has 1 aromatic heterocycles. The van der Waals surface area contributed by atoms with Crippen molar-refractivity contribution in [1.29, 1.82) is 0 Å². The minimum Gasteiger partial charge on any atom is -0.467 e. The van der Waals surface area contributed by atoms with Crippen LogP contribution in [-0.2, 0) is 14.3 Å². The van der Waals surface area contributed by atoms with Crippen LogP contribution in [-0.4, -0.2) is 43.0 Å². The second-order valence-electron chi connectivity index (χ2n) is 7.50. The van der Waals surface area contributed by atoms with Gasteiger partial charge in [-0.15, -0.1) is 0 Å². The maximum absolute atomic E-state index is 12.4. The Morgan fingerprint density at radius 2 is 1.86 bits per heavy atom. The number of methoxy groups -OCH3 is 1. The molecule has 0 aliphatic heterocycles. The van der Waals surface area contributed by atoms with Gasteiger partial charge in [0.25, 0.3) is 5.91 Å². The second-order valence-corrected chi connectivity index (χ2v) is 7.50. The highest BCUT2D eigenvalue weighted by molar-refractivity contribution is 5.96. The molecule has 0 aromatic carbocycles. The third kappa shape index (κ3) is 8.97. The third-order valence-electron chi connectivity index (χ3n) is 4.02. The maximum atomic E-state index is 12.4. The summed E-state index contributed by atoms with van der Waals surface area (Å²) in [6, 6.07) is 2.45. The molecule has 1 atom stereocenters. The van der Waals surface area contributed by atoms with E-state index >= 15 is 0 Å². The number of hydrogen-bond acceptors (Lipinski definition) is 5. The molecular weight excluding hydrogens is 358 g/mol. The first-order valence-electron chi connectivity index (χ1n) is 9.09. The lowest BCUT2D eigenvalue weighted by Gasteiger charge is -2.39. The van der Waals surface area contributed by atoms with Crippen molar-refractivity contribution in [3.05, 3.63) is 30.1 Å². The fraction of sp³-hybridized carbons (Fsp3) is 0.619. The first-order chi connectivity index (χ1) is 12.6. The van der Waals surface area contributed by atoms with E-state index in [0.717, 1.165) is 0 Å². The van der Waals surface area contributed by atoms with E-state index in [2.05, 4.69) is 15.6 Å². The number of nitrogens with one attached hydrogen (secondary N) is 2. The van der Waals surface area contributed by atoms with Gasteiger partial charge in [0, 0.05) is 18.9 Å². The van der Waals surface area contributed by atoms with E-state index in [1.807, 2.05) is 41.5 Å². The van der Waals surface area contributed by atoms with Crippen LogP contribution in [0.5, 0.6) is 0 Å². The Labute approximate surface area is 169 Å². The summed E-state index contributed by atoms with van der Waals surface area (Å²) in [4.78, 5) is 39.2. The Balaban J connectivity index is 0. The Hall–Kier alpha value is -2.44. The zero-order valence-corrected chi connectivity index (χ0v) is 17.5. The smallest absolute Gasteiger partial charge is 0.328 e. The largest absolute Gasteiger partial charge is 0.467 e. The number of carbonyl (C=O) groups excluding carboxylic acids is 3. The van der Waals surface area contributed by atoms with Crippen molar-refractivity contribution in [2.75, 3.05) is 13.7 Å². The van der Waals surface area contributed by atoms with Gasteiger partial charge in [-0.2, -0.15) is 0 Å². The van der Waals surface area contributed by atoms with Crippen molar-refractivity contribution in [3.8, 4) is 0 Å². The van der Waals surface area contributed by atoms with E-state index in [9.17, 15) is 14.4 Å². The fourth-order valence-electron chi connectivity index (χ4n) is 3.12. The minimum absolute atomic E-state index is 0. The van der Waals surface area contributed by atoms with Crippen LogP contribution in [0, 0.1) is 10.8 Å². The lowest BCUT2D eigenvalue weighted by atomic mass is 9.71. The predicted octanol–water partition coefficient (Wildman–Crippen LogP) is 3.20. The van der Waals surface area contributed by atoms with Gasteiger partial charge >= 0.3 is 5.97 Å². The highest BCUT2D eigenvalue weighted by Gasteiger charge is 2.41. The predicted molar refractivity (Wildman–Crippen MR) is 112 cm³/mol. The molecule has 0 saturated carbocycles. The van der Waals surface area contributed by atoms with E-state index in [1.54, 1.807) is 18.3 Å². The number of ether oxygens (including phenoxy) is 1. The molecule has 0 bridgehead atoms. The SMILES string of the molecule is C.CC.COC(=O)C(NC(=O)c1cccnc1)C(C)(C)CC(C)(C)CNC=O. The van der Waals surface area contributed by atoms with Crippen LogP contribution in [0.25, 0.3) is 0 Å². The van der Waals surface area contributed by atoms with Crippen LogP contribution < -0.4 is 10.6 Å². The molecule has 0 aliphatic rings. The van der Waals surface area contributed by atoms with Crippen LogP contribution in [0.1, 0.15) is 65.7 Å². The Bertz CT molecular complexity index is 601. The van der Waals surface area contributed by atoms with Crippen molar-refractivity contribution >= 4 is 18.3 Å². The second kappa shape index (κ2) is 12.9. The molecule has 7 nitrogen and oxygen atoms in total. The molecule has 2 N–H and O–H groups in total. The molecule has 2 amide bonds. The molecule has 1 unspecified atom stereocenters. The van der Waals surface area contributed by atoms with E-state index in [4.69, 9.17) is 4.74 Å². The summed E-state index contributed by atoms with van der Waals surface area (Å²) in [6.45, 7) is 12.2. The number of amides is 2. The number of nitrogens with zero attached hydrogens (tertiary/aromatic N) is 1. The van der Waals surface area contributed by atoms with Crippen molar-refractivity contribution in [2.24, 2.45) is 10.8 Å². The average Bonchev–Trinajstić information content (AvgIpc) is 2.65. The summed E-state index contributed by atoms with van der Waals surface area (Å²) in [5.74, 6) is -0.901. The molecule has 1 aromatic rings. The van der Waals surface area contributed by atoms with Crippen LogP contribution in [0.2, 0.25) is 0 Å². The number of carbonyl (C=O) groups is 3. The van der Waals surface area contributed by atoms with Gasteiger partial charge in [-0.1, -0.05) is 49.0 Å². The van der Waals surface area contributed by atoms with Gasteiger partial charge in [0.15, 0.2) is 0 Å². The quantitative estimate of drug-likeness (QED) is 0.494. The summed E-state index contributed by atoms with van der Waals surface area (Å²) in [6.07, 6.45) is 4.24. The van der Waals surface area contributed by atoms with E-state index in [1.165, 1.54) is 13.3 Å². The van der Waals surface area contributed by atoms with Gasteiger partial charge in [-0.05, 0) is 29.4 Å². The summed E-state index contributed by atoms with van der Waals surface area (Å²) in [7, 11) is 1.29. The van der Waals surface area contributed by atoms with Crippen LogP contribution in [0.4, 0.5) is 0 Å². The first-order valence-corrected chi connectivity index (χ1v) is 9.09. The Morgan fingerprint density at radius 1 is 1.25 bits per heavy atom. The number of esters is 1. The molecule has 28 heavy (non-hydrogen) atoms. The average molecular weight is 396 g/mol. The zero-order chi connectivity index (χ0) is 21.1. The highest BCUT2D eigenvalue weighted by Crippen LogP contribution is 2.36. The fourth-order valence-corrected chi connectivity index (χ4v) is 3.12. The highest BCUT2D eigenvalue weighted by atomic mass is 16.5. The molecule has 1 rings (SSSR count). The molecule has 7 heteroatoms. The normalized spacial score (nSPS) is 11.7. The maximum Gasteiger partial charge on any atom is 0.328 e. The standard InChI is InChI=1S/C18H27N3O4.C2H6.CH4/c1-17(2,11-20-12-22)10-18(3,4)14(16(24)25-5)21-15(23)13-7-6-8-19-9-13;1-2;/h6-9,12,14H,10-11H2,1-5H3,(H,20,22)(H,21,23);1-2H3;1H4. The molecular formula is C21H37N3O4. The number of hydrogen-bond donors (Lipinski definition) is 2. The van der Waals surface area contributed by atoms with Gasteiger partial charge in [-0.3, -0.25) is 14.6 Å². The number of pyridine rings is 1. The van der Waals surface area contributed by atoms with E-state index in [0.29, 0.717) is 24.9 Å². The van der Waals surface area contributed by atoms with Gasteiger partial charge in [-0.25, -0.2) is 4.79 Å². The van der Waals surface area contributed by atoms with Gasteiger partial charge in [0.05, 0.1) is 12.7 Å². The summed E-state index contributed by atoms with van der Waals surface area (Å²) >= 11 is 0. The van der Waals surface area contributed by atoms with Crippen molar-refractivity contribution in [1.82, 2.24) is 15.6 Å². The number of aromatic nitrogens is 1. The molecule has 0 aliphatic carbocycles. The lowest BCUT2D eigenvalue weighted by Crippen LogP contribution is -2.52. The van der Waals surface area contributed by atoms with Gasteiger partial charge < -0.3 is 15.4 Å². The molecule has 0 saturated heterocycles. The number of rotatable bonds is 9. The summed E-state index contributed by atoms with van der Waals surface area (Å²) in [5, 5.41) is 5.43. The van der Waals surface area contributed by atoms with E-state index in [-0.39, 0.29) is 18.7 Å². The van der Waals surface area contributed by atoms with Gasteiger partial charge in [0.2, 0.25) is 6.41 Å². The third-order valence-corrected chi connectivity index (χ3v) is 4.02. The monoisotopic (exact) mass is 395 g/mol. The zero-order valence-electron chi connectivity index (χ0n) is 17.5. The lowest BCUT2D eigenvalue weighted by molar-refractivity contribution is -0.146. The molecule has 1 heterocycles. The Kier molecular flexibility index (Phi) is 12.8. The van der Waals surface area contributed by atoms with Crippen molar-refractivity contribution in [2.45, 2.75) is 61.4 Å². The van der Waals surface area contributed by atoms with Crippen molar-refractivity contribution in [3.63, 3.8) is 0 Å². The van der Waals surface area contributed by atoms with Crippen LogP contribution >= 0.6 is 0 Å². The van der Waals surface area contributed by atoms with E-state index < -0.39 is 17.4 Å².